The van der Waals surface area contributed by atoms with E-state index in [1.165, 1.54) is 0 Å². The van der Waals surface area contributed by atoms with Gasteiger partial charge < -0.3 is 21.3 Å². The molecule has 0 aromatic carbocycles. The average molecular weight is 254 g/mol. The SMILES string of the molecule is Cc1c(N)nc(C(C)(C)C)nc1NCC(O)CO. The molecule has 1 atom stereocenters. The molecule has 0 saturated heterocycles. The number of hydrogen-bond donors (Lipinski definition) is 4. The Morgan fingerprint density at radius 2 is 1.94 bits per heavy atom. The van der Waals surface area contributed by atoms with E-state index in [0.717, 1.165) is 5.56 Å². The molecule has 18 heavy (non-hydrogen) atoms. The van der Waals surface area contributed by atoms with Crippen LogP contribution < -0.4 is 11.1 Å². The maximum Gasteiger partial charge on any atom is 0.138 e. The summed E-state index contributed by atoms with van der Waals surface area (Å²) in [6, 6.07) is 0. The lowest BCUT2D eigenvalue weighted by Gasteiger charge is -2.20. The van der Waals surface area contributed by atoms with Crippen LogP contribution in [-0.4, -0.2) is 39.4 Å². The van der Waals surface area contributed by atoms with E-state index in [0.29, 0.717) is 17.5 Å². The van der Waals surface area contributed by atoms with Gasteiger partial charge in [-0.25, -0.2) is 9.97 Å². The van der Waals surface area contributed by atoms with E-state index in [9.17, 15) is 5.11 Å². The zero-order valence-corrected chi connectivity index (χ0v) is 11.4. The van der Waals surface area contributed by atoms with Crippen molar-refractivity contribution < 1.29 is 10.2 Å². The Balaban J connectivity index is 3.00. The van der Waals surface area contributed by atoms with Gasteiger partial charge >= 0.3 is 0 Å². The molecule has 1 heterocycles. The normalized spacial score (nSPS) is 13.4. The van der Waals surface area contributed by atoms with E-state index in [1.807, 2.05) is 27.7 Å². The van der Waals surface area contributed by atoms with Gasteiger partial charge in [0.25, 0.3) is 0 Å². The summed E-state index contributed by atoms with van der Waals surface area (Å²) >= 11 is 0. The van der Waals surface area contributed by atoms with Crippen molar-refractivity contribution in [3.63, 3.8) is 0 Å². The smallest absolute Gasteiger partial charge is 0.138 e. The van der Waals surface area contributed by atoms with Crippen LogP contribution in [0.2, 0.25) is 0 Å². The van der Waals surface area contributed by atoms with Crippen molar-refractivity contribution in [1.82, 2.24) is 9.97 Å². The Bertz CT molecular complexity index is 415. The van der Waals surface area contributed by atoms with E-state index in [1.54, 1.807) is 0 Å². The highest BCUT2D eigenvalue weighted by Crippen LogP contribution is 2.24. The number of aromatic nitrogens is 2. The molecule has 0 aliphatic rings. The van der Waals surface area contributed by atoms with E-state index < -0.39 is 6.10 Å². The van der Waals surface area contributed by atoms with Crippen molar-refractivity contribution in [3.8, 4) is 0 Å². The van der Waals surface area contributed by atoms with Crippen molar-refractivity contribution in [2.45, 2.75) is 39.2 Å². The van der Waals surface area contributed by atoms with Crippen LogP contribution in [0.4, 0.5) is 11.6 Å². The number of nitrogens with zero attached hydrogens (tertiary/aromatic N) is 2. The molecule has 0 spiro atoms. The molecule has 0 fully saturated rings. The second-order valence-electron chi connectivity index (χ2n) is 5.37. The molecule has 0 aliphatic heterocycles. The van der Waals surface area contributed by atoms with Crippen molar-refractivity contribution in [2.75, 3.05) is 24.2 Å². The quantitative estimate of drug-likeness (QED) is 0.621. The van der Waals surface area contributed by atoms with Crippen molar-refractivity contribution >= 4 is 11.6 Å². The van der Waals surface area contributed by atoms with E-state index in [4.69, 9.17) is 10.8 Å². The molecule has 6 heteroatoms. The van der Waals surface area contributed by atoms with E-state index in [2.05, 4.69) is 15.3 Å². The van der Waals surface area contributed by atoms with Crippen molar-refractivity contribution in [1.29, 1.82) is 0 Å². The molecule has 102 valence electrons. The number of aliphatic hydroxyl groups excluding tert-OH is 2. The molecule has 1 aromatic heterocycles. The molecule has 0 amide bonds. The topological polar surface area (TPSA) is 104 Å². The van der Waals surface area contributed by atoms with Crippen molar-refractivity contribution in [2.24, 2.45) is 0 Å². The fraction of sp³-hybridized carbons (Fsp3) is 0.667. The average Bonchev–Trinajstić information content (AvgIpc) is 2.28. The Kier molecular flexibility index (Phi) is 4.48. The number of aliphatic hydroxyl groups is 2. The lowest BCUT2D eigenvalue weighted by Crippen LogP contribution is -2.25. The molecular weight excluding hydrogens is 232 g/mol. The Morgan fingerprint density at radius 3 is 2.44 bits per heavy atom. The van der Waals surface area contributed by atoms with Crippen LogP contribution in [0.5, 0.6) is 0 Å². The van der Waals surface area contributed by atoms with Gasteiger partial charge in [0, 0.05) is 17.5 Å². The minimum absolute atomic E-state index is 0.201. The monoisotopic (exact) mass is 254 g/mol. The van der Waals surface area contributed by atoms with Crippen LogP contribution in [0.25, 0.3) is 0 Å². The number of nitrogen functional groups attached to an aromatic ring is 1. The third-order valence-electron chi connectivity index (χ3n) is 2.57. The number of nitrogens with two attached hydrogens (primary N) is 1. The molecule has 0 radical (unpaired) electrons. The van der Waals surface area contributed by atoms with E-state index in [-0.39, 0.29) is 18.6 Å². The minimum Gasteiger partial charge on any atom is -0.394 e. The molecule has 1 rings (SSSR count). The molecule has 0 saturated carbocycles. The first-order valence-corrected chi connectivity index (χ1v) is 5.93. The Labute approximate surface area is 107 Å². The molecule has 1 unspecified atom stereocenters. The van der Waals surface area contributed by atoms with Crippen LogP contribution in [-0.2, 0) is 5.41 Å². The summed E-state index contributed by atoms with van der Waals surface area (Å²) < 4.78 is 0. The highest BCUT2D eigenvalue weighted by Gasteiger charge is 2.20. The van der Waals surface area contributed by atoms with Gasteiger partial charge in [-0.15, -0.1) is 0 Å². The molecule has 0 bridgehead atoms. The second kappa shape index (κ2) is 5.49. The predicted octanol–water partition coefficient (Wildman–Crippen LogP) is 0.430. The maximum atomic E-state index is 9.32. The van der Waals surface area contributed by atoms with Gasteiger partial charge in [-0.2, -0.15) is 0 Å². The largest absolute Gasteiger partial charge is 0.394 e. The summed E-state index contributed by atoms with van der Waals surface area (Å²) in [6.07, 6.45) is -0.821. The molecule has 5 N–H and O–H groups in total. The van der Waals surface area contributed by atoms with Gasteiger partial charge in [-0.1, -0.05) is 20.8 Å². The third kappa shape index (κ3) is 3.54. The highest BCUT2D eigenvalue weighted by molar-refractivity contribution is 5.55. The summed E-state index contributed by atoms with van der Waals surface area (Å²) in [5, 5.41) is 21.1. The summed E-state index contributed by atoms with van der Waals surface area (Å²) in [5.41, 5.74) is 6.40. The first-order valence-electron chi connectivity index (χ1n) is 5.93. The Hall–Kier alpha value is -1.40. The lowest BCUT2D eigenvalue weighted by atomic mass is 9.95. The van der Waals surface area contributed by atoms with Crippen LogP contribution >= 0.6 is 0 Å². The summed E-state index contributed by atoms with van der Waals surface area (Å²) in [5.74, 6) is 1.67. The van der Waals surface area contributed by atoms with Gasteiger partial charge in [0.2, 0.25) is 0 Å². The van der Waals surface area contributed by atoms with Gasteiger partial charge in [-0.05, 0) is 6.92 Å². The standard InChI is InChI=1S/C12H22N4O2/c1-7-9(13)15-11(12(2,3)4)16-10(7)14-5-8(18)6-17/h8,17-18H,5-6H2,1-4H3,(H3,13,14,15,16). The van der Waals surface area contributed by atoms with Gasteiger partial charge in [-0.3, -0.25) is 0 Å². The number of hydrogen-bond acceptors (Lipinski definition) is 6. The van der Waals surface area contributed by atoms with Crippen LogP contribution in [0, 0.1) is 6.92 Å². The summed E-state index contributed by atoms with van der Waals surface area (Å²) in [7, 11) is 0. The summed E-state index contributed by atoms with van der Waals surface area (Å²) in [6.45, 7) is 7.75. The first-order chi connectivity index (χ1) is 8.25. The van der Waals surface area contributed by atoms with Gasteiger partial charge in [0.1, 0.15) is 17.5 Å². The van der Waals surface area contributed by atoms with E-state index >= 15 is 0 Å². The van der Waals surface area contributed by atoms with Crippen LogP contribution in [0.15, 0.2) is 0 Å². The fourth-order valence-electron chi connectivity index (χ4n) is 1.32. The predicted molar refractivity (Wildman–Crippen MR) is 71.5 cm³/mol. The highest BCUT2D eigenvalue weighted by atomic mass is 16.3. The van der Waals surface area contributed by atoms with Crippen LogP contribution in [0.3, 0.4) is 0 Å². The summed E-state index contributed by atoms with van der Waals surface area (Å²) in [4.78, 5) is 8.68. The zero-order chi connectivity index (χ0) is 13.9. The molecular formula is C12H22N4O2. The number of anilines is 2. The maximum absolute atomic E-state index is 9.32. The minimum atomic E-state index is -0.821. The lowest BCUT2D eigenvalue weighted by molar-refractivity contribution is 0.105. The molecule has 0 aliphatic carbocycles. The van der Waals surface area contributed by atoms with Gasteiger partial charge in [0.15, 0.2) is 0 Å². The molecule has 1 aromatic rings. The van der Waals surface area contributed by atoms with Crippen molar-refractivity contribution in [3.05, 3.63) is 11.4 Å². The third-order valence-corrected chi connectivity index (χ3v) is 2.57. The number of rotatable bonds is 4. The van der Waals surface area contributed by atoms with Crippen LogP contribution in [0.1, 0.15) is 32.2 Å². The fourth-order valence-corrected chi connectivity index (χ4v) is 1.32. The van der Waals surface area contributed by atoms with Gasteiger partial charge in [0.05, 0.1) is 12.7 Å². The zero-order valence-electron chi connectivity index (χ0n) is 11.4. The number of nitrogens with one attached hydrogen (secondary N) is 1. The second-order valence-corrected chi connectivity index (χ2v) is 5.37. The Morgan fingerprint density at radius 1 is 1.33 bits per heavy atom. The molecule has 6 nitrogen and oxygen atoms in total. The first kappa shape index (κ1) is 14.7.